The van der Waals surface area contributed by atoms with Gasteiger partial charge in [0.05, 0.1) is 0 Å². The molecule has 21 heavy (non-hydrogen) atoms. The van der Waals surface area contributed by atoms with E-state index in [9.17, 15) is 0 Å². The Balaban J connectivity index is 1.73. The number of aliphatic imine (C=N–C) groups is 1. The maximum Gasteiger partial charge on any atom is 0.191 e. The topological polar surface area (TPSA) is 39.7 Å². The van der Waals surface area contributed by atoms with Crippen molar-refractivity contribution in [2.24, 2.45) is 10.4 Å². The lowest BCUT2D eigenvalue weighted by Gasteiger charge is -2.41. The van der Waals surface area contributed by atoms with E-state index in [0.29, 0.717) is 11.5 Å². The van der Waals surface area contributed by atoms with Crippen LogP contribution in [0.3, 0.4) is 0 Å². The first-order valence-electron chi connectivity index (χ1n) is 8.91. The molecule has 0 radical (unpaired) electrons. The van der Waals surface area contributed by atoms with Gasteiger partial charge in [-0.25, -0.2) is 0 Å². The zero-order valence-electron chi connectivity index (χ0n) is 14.2. The van der Waals surface area contributed by atoms with Gasteiger partial charge in [0, 0.05) is 26.2 Å². The van der Waals surface area contributed by atoms with Gasteiger partial charge in [-0.3, -0.25) is 9.89 Å². The van der Waals surface area contributed by atoms with Crippen molar-refractivity contribution in [1.29, 1.82) is 0 Å². The number of likely N-dealkylation sites (tertiary alicyclic amines) is 1. The van der Waals surface area contributed by atoms with E-state index in [4.69, 9.17) is 0 Å². The first-order chi connectivity index (χ1) is 10.2. The van der Waals surface area contributed by atoms with Crippen LogP contribution in [0.5, 0.6) is 0 Å². The lowest BCUT2D eigenvalue weighted by molar-refractivity contribution is 0.131. The molecule has 4 nitrogen and oxygen atoms in total. The summed E-state index contributed by atoms with van der Waals surface area (Å²) in [6.07, 6.45) is 9.36. The smallest absolute Gasteiger partial charge is 0.191 e. The molecule has 122 valence electrons. The molecule has 1 atom stereocenters. The Morgan fingerprint density at radius 1 is 1.14 bits per heavy atom. The van der Waals surface area contributed by atoms with Gasteiger partial charge >= 0.3 is 0 Å². The first kappa shape index (κ1) is 16.6. The summed E-state index contributed by atoms with van der Waals surface area (Å²) >= 11 is 0. The van der Waals surface area contributed by atoms with Crippen molar-refractivity contribution in [2.75, 3.05) is 33.2 Å². The third-order valence-electron chi connectivity index (χ3n) is 5.65. The molecule has 2 aliphatic rings. The second-order valence-electron chi connectivity index (χ2n) is 6.82. The maximum absolute atomic E-state index is 4.39. The van der Waals surface area contributed by atoms with Crippen molar-refractivity contribution in [2.45, 2.75) is 64.8 Å². The van der Waals surface area contributed by atoms with Gasteiger partial charge in [0.2, 0.25) is 0 Å². The normalized spacial score (nSPS) is 23.7. The highest BCUT2D eigenvalue weighted by atomic mass is 15.2. The van der Waals surface area contributed by atoms with Gasteiger partial charge in [-0.2, -0.15) is 0 Å². The van der Waals surface area contributed by atoms with E-state index in [1.807, 2.05) is 7.05 Å². The third kappa shape index (κ3) is 4.35. The molecule has 1 unspecified atom stereocenters. The monoisotopic (exact) mass is 294 g/mol. The summed E-state index contributed by atoms with van der Waals surface area (Å²) in [5, 5.41) is 7.09. The molecule has 1 heterocycles. The van der Waals surface area contributed by atoms with Crippen molar-refractivity contribution in [1.82, 2.24) is 15.5 Å². The molecule has 0 aromatic heterocycles. The van der Waals surface area contributed by atoms with Crippen LogP contribution in [0.15, 0.2) is 4.99 Å². The van der Waals surface area contributed by atoms with Gasteiger partial charge in [-0.1, -0.05) is 20.3 Å². The number of guanidine groups is 1. The summed E-state index contributed by atoms with van der Waals surface area (Å²) in [4.78, 5) is 7.02. The molecular formula is C17H34N4. The number of hydrogen-bond donors (Lipinski definition) is 2. The Kier molecular flexibility index (Phi) is 6.34. The summed E-state index contributed by atoms with van der Waals surface area (Å²) in [6, 6.07) is 0.648. The fourth-order valence-electron chi connectivity index (χ4n) is 3.68. The van der Waals surface area contributed by atoms with Crippen LogP contribution in [0.1, 0.15) is 58.8 Å². The van der Waals surface area contributed by atoms with E-state index < -0.39 is 0 Å². The minimum absolute atomic E-state index is 0.538. The Bertz CT molecular complexity index is 324. The molecule has 0 bridgehead atoms. The fourth-order valence-corrected chi connectivity index (χ4v) is 3.68. The molecule has 1 aliphatic carbocycles. The second kappa shape index (κ2) is 8.02. The average molecular weight is 294 g/mol. The van der Waals surface area contributed by atoms with E-state index in [0.717, 1.165) is 19.0 Å². The molecule has 2 fully saturated rings. The number of nitrogens with one attached hydrogen (secondary N) is 2. The molecule has 1 saturated heterocycles. The highest BCUT2D eigenvalue weighted by molar-refractivity contribution is 5.79. The largest absolute Gasteiger partial charge is 0.356 e. The lowest BCUT2D eigenvalue weighted by Crippen LogP contribution is -2.49. The van der Waals surface area contributed by atoms with Crippen molar-refractivity contribution in [3.63, 3.8) is 0 Å². The van der Waals surface area contributed by atoms with Gasteiger partial charge in [0.25, 0.3) is 0 Å². The summed E-state index contributed by atoms with van der Waals surface area (Å²) in [6.45, 7) is 9.23. The zero-order valence-corrected chi connectivity index (χ0v) is 14.2. The van der Waals surface area contributed by atoms with E-state index >= 15 is 0 Å². The molecule has 4 heteroatoms. The Morgan fingerprint density at radius 3 is 2.33 bits per heavy atom. The summed E-state index contributed by atoms with van der Waals surface area (Å²) in [5.74, 6) is 0.979. The van der Waals surface area contributed by atoms with Gasteiger partial charge in [-0.15, -0.1) is 0 Å². The van der Waals surface area contributed by atoms with Gasteiger partial charge in [0.15, 0.2) is 5.96 Å². The lowest BCUT2D eigenvalue weighted by atomic mass is 9.67. The standard InChI is InChI=1S/C17H34N4/c1-4-15(21-11-6-7-12-21)13-19-16(18-3)20-14-17(5-2)9-8-10-17/h15H,4-14H2,1-3H3,(H2,18,19,20). The maximum atomic E-state index is 4.39. The van der Waals surface area contributed by atoms with Gasteiger partial charge in [0.1, 0.15) is 0 Å². The summed E-state index contributed by atoms with van der Waals surface area (Å²) < 4.78 is 0. The number of hydrogen-bond acceptors (Lipinski definition) is 2. The average Bonchev–Trinajstić information content (AvgIpc) is 2.99. The second-order valence-corrected chi connectivity index (χ2v) is 6.82. The van der Waals surface area contributed by atoms with Crippen LogP contribution in [0.4, 0.5) is 0 Å². The molecule has 0 spiro atoms. The SMILES string of the molecule is CCC(CNC(=NC)NCC1(CC)CCC1)N1CCCC1. The van der Waals surface area contributed by atoms with E-state index in [-0.39, 0.29) is 0 Å². The molecular weight excluding hydrogens is 260 g/mol. The predicted molar refractivity (Wildman–Crippen MR) is 90.8 cm³/mol. The highest BCUT2D eigenvalue weighted by Gasteiger charge is 2.34. The van der Waals surface area contributed by atoms with E-state index in [1.165, 1.54) is 58.0 Å². The molecule has 2 N–H and O–H groups in total. The Hall–Kier alpha value is -0.770. The van der Waals surface area contributed by atoms with Crippen LogP contribution in [0.25, 0.3) is 0 Å². The van der Waals surface area contributed by atoms with Crippen LogP contribution < -0.4 is 10.6 Å². The quantitative estimate of drug-likeness (QED) is 0.560. The fraction of sp³-hybridized carbons (Fsp3) is 0.941. The molecule has 0 amide bonds. The van der Waals surface area contributed by atoms with Crippen LogP contribution in [0.2, 0.25) is 0 Å². The van der Waals surface area contributed by atoms with Crippen molar-refractivity contribution >= 4 is 5.96 Å². The van der Waals surface area contributed by atoms with Crippen molar-refractivity contribution in [3.05, 3.63) is 0 Å². The van der Waals surface area contributed by atoms with Crippen LogP contribution in [-0.2, 0) is 0 Å². The molecule has 0 aromatic carbocycles. The Labute approximate surface area is 130 Å². The summed E-state index contributed by atoms with van der Waals surface area (Å²) in [7, 11) is 1.88. The predicted octanol–water partition coefficient (Wildman–Crippen LogP) is 2.61. The molecule has 2 rings (SSSR count). The minimum atomic E-state index is 0.538. The van der Waals surface area contributed by atoms with Crippen molar-refractivity contribution in [3.8, 4) is 0 Å². The van der Waals surface area contributed by atoms with E-state index in [1.54, 1.807) is 0 Å². The highest BCUT2D eigenvalue weighted by Crippen LogP contribution is 2.42. The van der Waals surface area contributed by atoms with Crippen molar-refractivity contribution < 1.29 is 0 Å². The molecule has 1 aliphatic heterocycles. The molecule has 1 saturated carbocycles. The summed E-state index contributed by atoms with van der Waals surface area (Å²) in [5.41, 5.74) is 0.538. The van der Waals surface area contributed by atoms with Gasteiger partial charge < -0.3 is 10.6 Å². The van der Waals surface area contributed by atoms with Crippen LogP contribution >= 0.6 is 0 Å². The van der Waals surface area contributed by atoms with E-state index in [2.05, 4.69) is 34.4 Å². The minimum Gasteiger partial charge on any atom is -0.356 e. The molecule has 0 aromatic rings. The zero-order chi connectivity index (χ0) is 15.1. The van der Waals surface area contributed by atoms with Crippen LogP contribution in [0, 0.1) is 5.41 Å². The Morgan fingerprint density at radius 2 is 1.86 bits per heavy atom. The third-order valence-corrected chi connectivity index (χ3v) is 5.65. The van der Waals surface area contributed by atoms with Gasteiger partial charge in [-0.05, 0) is 57.0 Å². The van der Waals surface area contributed by atoms with Crippen LogP contribution in [-0.4, -0.2) is 50.1 Å². The first-order valence-corrected chi connectivity index (χ1v) is 8.91. The number of rotatable bonds is 7. The number of nitrogens with zero attached hydrogens (tertiary/aromatic N) is 2.